The molecule has 0 aliphatic carbocycles. The van der Waals surface area contributed by atoms with Crippen LogP contribution < -0.4 is 5.46 Å². The Balaban J connectivity index is 1.91. The highest BCUT2D eigenvalue weighted by Crippen LogP contribution is 2.36. The lowest BCUT2D eigenvalue weighted by atomic mass is 9.78. The highest BCUT2D eigenvalue weighted by atomic mass is 16.7. The van der Waals surface area contributed by atoms with Gasteiger partial charge in [0.15, 0.2) is 0 Å². The van der Waals surface area contributed by atoms with E-state index in [0.29, 0.717) is 0 Å². The first-order chi connectivity index (χ1) is 11.8. The second-order valence-corrected chi connectivity index (χ2v) is 8.66. The van der Waals surface area contributed by atoms with Crippen molar-refractivity contribution in [3.8, 4) is 0 Å². The van der Waals surface area contributed by atoms with Crippen LogP contribution in [0.3, 0.4) is 0 Å². The van der Waals surface area contributed by atoms with Crippen LogP contribution in [0, 0.1) is 5.92 Å². The van der Waals surface area contributed by atoms with Crippen molar-refractivity contribution in [3.63, 3.8) is 0 Å². The number of hydrogen-bond acceptors (Lipinski definition) is 2. The van der Waals surface area contributed by atoms with Crippen molar-refractivity contribution in [3.05, 3.63) is 29.8 Å². The largest absolute Gasteiger partial charge is 0.494 e. The third kappa shape index (κ3) is 5.34. The topological polar surface area (TPSA) is 18.5 Å². The van der Waals surface area contributed by atoms with Crippen LogP contribution in [0.2, 0.25) is 0 Å². The van der Waals surface area contributed by atoms with E-state index in [0.717, 1.165) is 11.4 Å². The highest BCUT2D eigenvalue weighted by Gasteiger charge is 2.51. The van der Waals surface area contributed by atoms with Crippen molar-refractivity contribution in [1.29, 1.82) is 0 Å². The van der Waals surface area contributed by atoms with Crippen LogP contribution >= 0.6 is 0 Å². The average Bonchev–Trinajstić information content (AvgIpc) is 2.79. The first-order valence-corrected chi connectivity index (χ1v) is 10.2. The first kappa shape index (κ1) is 20.5. The normalized spacial score (nSPS) is 20.0. The predicted octanol–water partition coefficient (Wildman–Crippen LogP) is 5.52. The minimum Gasteiger partial charge on any atom is -0.399 e. The molecule has 2 nitrogen and oxygen atoms in total. The average molecular weight is 344 g/mol. The van der Waals surface area contributed by atoms with Gasteiger partial charge in [-0.2, -0.15) is 0 Å². The monoisotopic (exact) mass is 344 g/mol. The van der Waals surface area contributed by atoms with E-state index < -0.39 is 0 Å². The van der Waals surface area contributed by atoms with Crippen LogP contribution in [0.5, 0.6) is 0 Å². The van der Waals surface area contributed by atoms with Gasteiger partial charge in [-0.1, -0.05) is 76.6 Å². The zero-order valence-corrected chi connectivity index (χ0v) is 17.2. The molecule has 25 heavy (non-hydrogen) atoms. The van der Waals surface area contributed by atoms with E-state index in [1.165, 1.54) is 50.5 Å². The summed E-state index contributed by atoms with van der Waals surface area (Å²) in [5.41, 5.74) is 2.01. The first-order valence-electron chi connectivity index (χ1n) is 10.2. The summed E-state index contributed by atoms with van der Waals surface area (Å²) in [4.78, 5) is 0. The summed E-state index contributed by atoms with van der Waals surface area (Å²) in [6.07, 6.45) is 9.26. The van der Waals surface area contributed by atoms with E-state index in [-0.39, 0.29) is 18.3 Å². The van der Waals surface area contributed by atoms with E-state index in [9.17, 15) is 0 Å². The molecule has 1 aromatic carbocycles. The fourth-order valence-corrected chi connectivity index (χ4v) is 3.43. The maximum Gasteiger partial charge on any atom is 0.494 e. The number of hydrogen-bond donors (Lipinski definition) is 0. The van der Waals surface area contributed by atoms with Gasteiger partial charge in [0.1, 0.15) is 0 Å². The van der Waals surface area contributed by atoms with Gasteiger partial charge in [-0.05, 0) is 51.1 Å². The molecule has 0 radical (unpaired) electrons. The van der Waals surface area contributed by atoms with Gasteiger partial charge < -0.3 is 9.31 Å². The molecule has 1 aliphatic rings. The zero-order valence-electron chi connectivity index (χ0n) is 17.2. The molecule has 0 spiro atoms. The molecule has 1 aromatic rings. The highest BCUT2D eigenvalue weighted by molar-refractivity contribution is 6.62. The SMILES string of the molecule is CCCCCCC(CC)Cc1ccc(B2OC(C)(C)C(C)(C)O2)cc1. The summed E-state index contributed by atoms with van der Waals surface area (Å²) >= 11 is 0. The predicted molar refractivity (Wildman–Crippen MR) is 108 cm³/mol. The van der Waals surface area contributed by atoms with Crippen LogP contribution in [-0.4, -0.2) is 18.3 Å². The van der Waals surface area contributed by atoms with E-state index in [2.05, 4.69) is 65.8 Å². The van der Waals surface area contributed by atoms with Gasteiger partial charge in [0.25, 0.3) is 0 Å². The minimum atomic E-state index is -0.276. The molecule has 3 heteroatoms. The summed E-state index contributed by atoms with van der Waals surface area (Å²) < 4.78 is 12.3. The quantitative estimate of drug-likeness (QED) is 0.433. The Hall–Kier alpha value is -0.795. The Labute approximate surface area is 155 Å². The number of rotatable bonds is 9. The van der Waals surface area contributed by atoms with Crippen molar-refractivity contribution >= 4 is 12.6 Å². The summed E-state index contributed by atoms with van der Waals surface area (Å²) in [5, 5.41) is 0. The molecule has 1 fully saturated rings. The molecule has 1 unspecified atom stereocenters. The Morgan fingerprint density at radius 2 is 1.48 bits per heavy atom. The van der Waals surface area contributed by atoms with Crippen LogP contribution in [0.1, 0.15) is 85.6 Å². The third-order valence-corrected chi connectivity index (χ3v) is 6.07. The molecule has 0 amide bonds. The number of unbranched alkanes of at least 4 members (excludes halogenated alkanes) is 3. The summed E-state index contributed by atoms with van der Waals surface area (Å²) in [7, 11) is -0.255. The Morgan fingerprint density at radius 3 is 2.00 bits per heavy atom. The van der Waals surface area contributed by atoms with Gasteiger partial charge in [-0.15, -0.1) is 0 Å². The second kappa shape index (κ2) is 8.73. The van der Waals surface area contributed by atoms with Crippen molar-refractivity contribution < 1.29 is 9.31 Å². The van der Waals surface area contributed by atoms with Crippen LogP contribution in [0.4, 0.5) is 0 Å². The van der Waals surface area contributed by atoms with Gasteiger partial charge in [-0.3, -0.25) is 0 Å². The standard InChI is InChI=1S/C22H37BO2/c1-7-9-10-11-12-18(8-2)17-19-13-15-20(16-14-19)23-24-21(3,4)22(5,6)25-23/h13-16,18H,7-12,17H2,1-6H3. The molecule has 0 bridgehead atoms. The Bertz CT molecular complexity index is 505. The molecule has 1 atom stereocenters. The minimum absolute atomic E-state index is 0.255. The molecule has 0 N–H and O–H groups in total. The lowest BCUT2D eigenvalue weighted by Crippen LogP contribution is -2.41. The number of benzene rings is 1. The fraction of sp³-hybridized carbons (Fsp3) is 0.727. The van der Waals surface area contributed by atoms with E-state index in [1.807, 2.05) is 0 Å². The van der Waals surface area contributed by atoms with Gasteiger partial charge >= 0.3 is 7.12 Å². The van der Waals surface area contributed by atoms with E-state index in [4.69, 9.17) is 9.31 Å². The summed E-state index contributed by atoms with van der Waals surface area (Å²) in [6.45, 7) is 13.0. The molecule has 2 rings (SSSR count). The van der Waals surface area contributed by atoms with Gasteiger partial charge in [0, 0.05) is 0 Å². The lowest BCUT2D eigenvalue weighted by molar-refractivity contribution is 0.00578. The Kier molecular flexibility index (Phi) is 7.16. The fourth-order valence-electron chi connectivity index (χ4n) is 3.43. The van der Waals surface area contributed by atoms with Crippen molar-refractivity contribution in [2.24, 2.45) is 5.92 Å². The molecule has 1 heterocycles. The van der Waals surface area contributed by atoms with Crippen molar-refractivity contribution in [1.82, 2.24) is 0 Å². The molecule has 0 aromatic heterocycles. The molecule has 140 valence electrons. The van der Waals surface area contributed by atoms with E-state index >= 15 is 0 Å². The third-order valence-electron chi connectivity index (χ3n) is 6.07. The van der Waals surface area contributed by atoms with Crippen LogP contribution in [-0.2, 0) is 15.7 Å². The molecule has 0 saturated carbocycles. The second-order valence-electron chi connectivity index (χ2n) is 8.66. The van der Waals surface area contributed by atoms with Crippen LogP contribution in [0.25, 0.3) is 0 Å². The maximum absolute atomic E-state index is 6.15. The maximum atomic E-state index is 6.15. The molecule has 1 saturated heterocycles. The molecule has 1 aliphatic heterocycles. The molecular weight excluding hydrogens is 307 g/mol. The smallest absolute Gasteiger partial charge is 0.399 e. The van der Waals surface area contributed by atoms with E-state index in [1.54, 1.807) is 0 Å². The zero-order chi connectivity index (χ0) is 18.5. The van der Waals surface area contributed by atoms with Crippen molar-refractivity contribution in [2.75, 3.05) is 0 Å². The van der Waals surface area contributed by atoms with Crippen LogP contribution in [0.15, 0.2) is 24.3 Å². The Morgan fingerprint density at radius 1 is 0.880 bits per heavy atom. The van der Waals surface area contributed by atoms with Gasteiger partial charge in [0.2, 0.25) is 0 Å². The summed E-state index contributed by atoms with van der Waals surface area (Å²) in [5.74, 6) is 0.805. The molecular formula is C22H37BO2. The van der Waals surface area contributed by atoms with Gasteiger partial charge in [0.05, 0.1) is 11.2 Å². The summed E-state index contributed by atoms with van der Waals surface area (Å²) in [6, 6.07) is 8.88. The lowest BCUT2D eigenvalue weighted by Gasteiger charge is -2.32. The van der Waals surface area contributed by atoms with Gasteiger partial charge in [-0.25, -0.2) is 0 Å². The van der Waals surface area contributed by atoms with Crippen molar-refractivity contribution in [2.45, 2.75) is 97.7 Å².